The second-order valence-electron chi connectivity index (χ2n) is 2.42. The fraction of sp³-hybridized carbons (Fsp3) is 0. The number of nitrogens with one attached hydrogen (secondary N) is 1. The molecule has 0 amide bonds. The van der Waals surface area contributed by atoms with Crippen molar-refractivity contribution in [3.63, 3.8) is 0 Å². The van der Waals surface area contributed by atoms with E-state index in [4.69, 9.17) is 5.11 Å². The molecule has 0 aliphatic carbocycles. The third-order valence-electron chi connectivity index (χ3n) is 1.65. The number of H-pyrrole nitrogens is 1. The first-order valence-corrected chi connectivity index (χ1v) is 3.42. The summed E-state index contributed by atoms with van der Waals surface area (Å²) < 4.78 is 13.0. The Balaban J connectivity index is 2.88. The summed E-state index contributed by atoms with van der Waals surface area (Å²) in [4.78, 5) is 10.6. The Morgan fingerprint density at radius 1 is 1.46 bits per heavy atom. The minimum absolute atomic E-state index is 0.0347. The first kappa shape index (κ1) is 7.66. The van der Waals surface area contributed by atoms with Crippen LogP contribution in [0, 0.1) is 5.82 Å². The van der Waals surface area contributed by atoms with Gasteiger partial charge < -0.3 is 5.11 Å². The second kappa shape index (κ2) is 2.51. The molecule has 0 fully saturated rings. The molecule has 1 aromatic carbocycles. The average molecular weight is 181 g/mol. The molecule has 0 saturated carbocycles. The van der Waals surface area contributed by atoms with Crippen LogP contribution in [0.4, 0.5) is 4.39 Å². The van der Waals surface area contributed by atoms with Gasteiger partial charge in [0.1, 0.15) is 22.4 Å². The van der Waals surface area contributed by atoms with Gasteiger partial charge in [-0.05, 0) is 12.1 Å². The molecule has 2 rings (SSSR count). The summed E-state index contributed by atoms with van der Waals surface area (Å²) in [5.74, 6) is -2.16. The lowest BCUT2D eigenvalue weighted by Gasteiger charge is -1.95. The van der Waals surface area contributed by atoms with Gasteiger partial charge in [-0.25, -0.2) is 9.18 Å². The highest BCUT2D eigenvalue weighted by atomic mass is 19.1. The zero-order chi connectivity index (χ0) is 9.42. The number of halogens is 1. The van der Waals surface area contributed by atoms with Crippen molar-refractivity contribution in [1.82, 2.24) is 15.4 Å². The van der Waals surface area contributed by atoms with Gasteiger partial charge in [-0.3, -0.25) is 0 Å². The van der Waals surface area contributed by atoms with E-state index in [1.165, 1.54) is 6.07 Å². The van der Waals surface area contributed by atoms with E-state index in [9.17, 15) is 9.18 Å². The van der Waals surface area contributed by atoms with Crippen LogP contribution in [-0.2, 0) is 0 Å². The normalized spacial score (nSPS) is 10.5. The summed E-state index contributed by atoms with van der Waals surface area (Å²) in [5.41, 5.74) is -0.0856. The van der Waals surface area contributed by atoms with Crippen LogP contribution in [0.25, 0.3) is 11.0 Å². The number of carboxylic acids is 1. The molecule has 0 saturated heterocycles. The first-order valence-electron chi connectivity index (χ1n) is 3.42. The van der Waals surface area contributed by atoms with Crippen LogP contribution in [0.2, 0.25) is 0 Å². The van der Waals surface area contributed by atoms with Gasteiger partial charge in [0, 0.05) is 0 Å². The molecule has 0 unspecified atom stereocenters. The van der Waals surface area contributed by atoms with Crippen molar-refractivity contribution in [2.45, 2.75) is 0 Å². The second-order valence-corrected chi connectivity index (χ2v) is 2.42. The van der Waals surface area contributed by atoms with Crippen LogP contribution in [0.1, 0.15) is 10.4 Å². The largest absolute Gasteiger partial charge is 0.478 e. The Hall–Kier alpha value is -1.98. The number of nitrogens with zero attached hydrogens (tertiary/aromatic N) is 2. The standard InChI is InChI=1S/C7H4FN3O2/c8-3-1-2-4-6(10-11-9-4)5(3)7(12)13/h1-2H,(H,12,13)(H,9,10,11). The molecule has 13 heavy (non-hydrogen) atoms. The predicted octanol–water partition coefficient (Wildman–Crippen LogP) is 0.795. The Morgan fingerprint density at radius 3 is 2.92 bits per heavy atom. The van der Waals surface area contributed by atoms with E-state index in [-0.39, 0.29) is 5.52 Å². The third-order valence-corrected chi connectivity index (χ3v) is 1.65. The smallest absolute Gasteiger partial charge is 0.341 e. The molecule has 5 nitrogen and oxygen atoms in total. The van der Waals surface area contributed by atoms with Crippen molar-refractivity contribution in [3.05, 3.63) is 23.5 Å². The fourth-order valence-electron chi connectivity index (χ4n) is 1.09. The number of aromatic carboxylic acids is 1. The van der Waals surface area contributed by atoms with Gasteiger partial charge >= 0.3 is 5.97 Å². The van der Waals surface area contributed by atoms with Crippen molar-refractivity contribution in [2.24, 2.45) is 0 Å². The SMILES string of the molecule is O=C(O)c1c(F)ccc2n[nH]nc12. The molecular weight excluding hydrogens is 177 g/mol. The number of rotatable bonds is 1. The maximum Gasteiger partial charge on any atom is 0.341 e. The third kappa shape index (κ3) is 1.03. The Kier molecular flexibility index (Phi) is 1.48. The summed E-state index contributed by atoms with van der Waals surface area (Å²) >= 11 is 0. The van der Waals surface area contributed by atoms with Crippen LogP contribution in [0.5, 0.6) is 0 Å². The minimum Gasteiger partial charge on any atom is -0.478 e. The summed E-state index contributed by atoms with van der Waals surface area (Å²) in [6.45, 7) is 0. The summed E-state index contributed by atoms with van der Waals surface area (Å²) in [7, 11) is 0. The molecule has 0 bridgehead atoms. The molecule has 0 spiro atoms. The van der Waals surface area contributed by atoms with E-state index in [0.29, 0.717) is 5.52 Å². The number of hydrogen-bond donors (Lipinski definition) is 2. The Morgan fingerprint density at radius 2 is 2.23 bits per heavy atom. The average Bonchev–Trinajstić information content (AvgIpc) is 2.50. The van der Waals surface area contributed by atoms with Crippen LogP contribution in [0.15, 0.2) is 12.1 Å². The van der Waals surface area contributed by atoms with E-state index in [1.54, 1.807) is 0 Å². The van der Waals surface area contributed by atoms with Crippen molar-refractivity contribution >= 4 is 17.0 Å². The molecular formula is C7H4FN3O2. The molecule has 6 heteroatoms. The topological polar surface area (TPSA) is 78.9 Å². The van der Waals surface area contributed by atoms with Gasteiger partial charge in [0.25, 0.3) is 0 Å². The van der Waals surface area contributed by atoms with Crippen molar-refractivity contribution in [2.75, 3.05) is 0 Å². The summed E-state index contributed by atoms with van der Waals surface area (Å²) in [5, 5.41) is 18.1. The monoisotopic (exact) mass is 181 g/mol. The quantitative estimate of drug-likeness (QED) is 0.681. The molecule has 1 heterocycles. The van der Waals surface area contributed by atoms with E-state index in [1.807, 2.05) is 0 Å². The van der Waals surface area contributed by atoms with E-state index in [0.717, 1.165) is 6.07 Å². The van der Waals surface area contributed by atoms with Gasteiger partial charge in [-0.1, -0.05) is 0 Å². The number of hydrogen-bond acceptors (Lipinski definition) is 3. The zero-order valence-electron chi connectivity index (χ0n) is 6.28. The van der Waals surface area contributed by atoms with Crippen LogP contribution in [0.3, 0.4) is 0 Å². The van der Waals surface area contributed by atoms with E-state index in [2.05, 4.69) is 15.4 Å². The van der Waals surface area contributed by atoms with E-state index >= 15 is 0 Å². The summed E-state index contributed by atoms with van der Waals surface area (Å²) in [6, 6.07) is 2.41. The molecule has 0 radical (unpaired) electrons. The van der Waals surface area contributed by atoms with Crippen LogP contribution in [-0.4, -0.2) is 26.5 Å². The van der Waals surface area contributed by atoms with Gasteiger partial charge in [-0.15, -0.1) is 0 Å². The molecule has 0 aliphatic heterocycles. The number of aromatic amines is 1. The fourth-order valence-corrected chi connectivity index (χ4v) is 1.09. The molecule has 0 atom stereocenters. The highest BCUT2D eigenvalue weighted by Gasteiger charge is 2.16. The van der Waals surface area contributed by atoms with E-state index < -0.39 is 17.3 Å². The molecule has 0 aliphatic rings. The minimum atomic E-state index is -1.35. The van der Waals surface area contributed by atoms with Gasteiger partial charge in [0.05, 0.1) is 0 Å². The van der Waals surface area contributed by atoms with Crippen molar-refractivity contribution < 1.29 is 14.3 Å². The van der Waals surface area contributed by atoms with Crippen molar-refractivity contribution in [1.29, 1.82) is 0 Å². The number of aromatic nitrogens is 3. The lowest BCUT2D eigenvalue weighted by molar-refractivity contribution is 0.0694. The van der Waals surface area contributed by atoms with Gasteiger partial charge in [0.2, 0.25) is 0 Å². The maximum absolute atomic E-state index is 13.0. The number of carbonyl (C=O) groups is 1. The van der Waals surface area contributed by atoms with Gasteiger partial charge in [0.15, 0.2) is 0 Å². The van der Waals surface area contributed by atoms with Crippen molar-refractivity contribution in [3.8, 4) is 0 Å². The highest BCUT2D eigenvalue weighted by molar-refractivity contribution is 6.00. The van der Waals surface area contributed by atoms with Crippen LogP contribution >= 0.6 is 0 Å². The molecule has 2 aromatic rings. The first-order chi connectivity index (χ1) is 6.20. The summed E-state index contributed by atoms with van der Waals surface area (Å²) in [6.07, 6.45) is 0. The van der Waals surface area contributed by atoms with Crippen LogP contribution < -0.4 is 0 Å². The zero-order valence-corrected chi connectivity index (χ0v) is 6.28. The number of benzene rings is 1. The molecule has 1 aromatic heterocycles. The van der Waals surface area contributed by atoms with Gasteiger partial charge in [-0.2, -0.15) is 15.4 Å². The number of carboxylic acid groups (broad SMARTS) is 1. The lowest BCUT2D eigenvalue weighted by Crippen LogP contribution is -2.01. The highest BCUT2D eigenvalue weighted by Crippen LogP contribution is 2.17. The number of fused-ring (bicyclic) bond motifs is 1. The Labute approximate surface area is 71.2 Å². The maximum atomic E-state index is 13.0. The lowest BCUT2D eigenvalue weighted by atomic mass is 10.2. The Bertz CT molecular complexity index is 480. The molecule has 2 N–H and O–H groups in total. The predicted molar refractivity (Wildman–Crippen MR) is 40.8 cm³/mol. The molecule has 66 valence electrons.